The standard InChI is InChI=1S/C11H18O2/c1-9(2)5-6-11(12)13-8-7-10(3)4/h5-10H,1-4H3. The summed E-state index contributed by atoms with van der Waals surface area (Å²) in [5.74, 6) is 0.467. The summed E-state index contributed by atoms with van der Waals surface area (Å²) in [5.41, 5.74) is 0. The molecule has 0 aromatic rings. The fraction of sp³-hybridized carbons (Fsp3) is 0.545. The van der Waals surface area contributed by atoms with Gasteiger partial charge in [0.15, 0.2) is 0 Å². The Morgan fingerprint density at radius 2 is 1.62 bits per heavy atom. The smallest absolute Gasteiger partial charge is 0.335 e. The molecule has 0 saturated heterocycles. The third-order valence-corrected chi connectivity index (χ3v) is 1.26. The van der Waals surface area contributed by atoms with Crippen LogP contribution in [0.1, 0.15) is 27.7 Å². The van der Waals surface area contributed by atoms with Crippen molar-refractivity contribution in [2.45, 2.75) is 27.7 Å². The Hall–Kier alpha value is -1.05. The molecule has 0 amide bonds. The van der Waals surface area contributed by atoms with Gasteiger partial charge in [-0.3, -0.25) is 0 Å². The lowest BCUT2D eigenvalue weighted by Crippen LogP contribution is -1.95. The first-order chi connectivity index (χ1) is 6.02. The molecule has 0 aromatic heterocycles. The van der Waals surface area contributed by atoms with E-state index in [4.69, 9.17) is 4.74 Å². The van der Waals surface area contributed by atoms with E-state index in [2.05, 4.69) is 0 Å². The summed E-state index contributed by atoms with van der Waals surface area (Å²) in [6.45, 7) is 8.06. The van der Waals surface area contributed by atoms with Crippen LogP contribution >= 0.6 is 0 Å². The lowest BCUT2D eigenvalue weighted by atomic mass is 10.2. The van der Waals surface area contributed by atoms with Crippen molar-refractivity contribution in [1.82, 2.24) is 0 Å². The summed E-state index contributed by atoms with van der Waals surface area (Å²) >= 11 is 0. The fourth-order valence-corrected chi connectivity index (χ4v) is 0.574. The Balaban J connectivity index is 3.76. The van der Waals surface area contributed by atoms with Gasteiger partial charge in [-0.15, -0.1) is 0 Å². The van der Waals surface area contributed by atoms with E-state index >= 15 is 0 Å². The second-order valence-corrected chi connectivity index (χ2v) is 3.61. The van der Waals surface area contributed by atoms with Crippen LogP contribution in [-0.4, -0.2) is 5.97 Å². The number of ether oxygens (including phenoxy) is 1. The monoisotopic (exact) mass is 182 g/mol. The van der Waals surface area contributed by atoms with Gasteiger partial charge in [-0.05, 0) is 17.9 Å². The van der Waals surface area contributed by atoms with Gasteiger partial charge >= 0.3 is 5.97 Å². The van der Waals surface area contributed by atoms with Crippen molar-refractivity contribution < 1.29 is 9.53 Å². The van der Waals surface area contributed by atoms with E-state index < -0.39 is 0 Å². The van der Waals surface area contributed by atoms with Gasteiger partial charge in [0.25, 0.3) is 0 Å². The maximum atomic E-state index is 11.0. The molecule has 2 heteroatoms. The van der Waals surface area contributed by atoms with Gasteiger partial charge in [0.2, 0.25) is 0 Å². The minimum atomic E-state index is -0.314. The maximum Gasteiger partial charge on any atom is 0.335 e. The SMILES string of the molecule is CC(C)C=COC(=O)C=CC(C)C. The summed E-state index contributed by atoms with van der Waals surface area (Å²) in [4.78, 5) is 11.0. The number of allylic oxidation sites excluding steroid dienone is 2. The van der Waals surface area contributed by atoms with Crippen LogP contribution < -0.4 is 0 Å². The third-order valence-electron chi connectivity index (χ3n) is 1.26. The number of esters is 1. The molecular formula is C11H18O2. The number of hydrogen-bond acceptors (Lipinski definition) is 2. The number of carbonyl (C=O) groups is 1. The van der Waals surface area contributed by atoms with E-state index in [9.17, 15) is 4.79 Å². The predicted octanol–water partition coefficient (Wildman–Crippen LogP) is 2.91. The van der Waals surface area contributed by atoms with E-state index in [1.807, 2.05) is 39.8 Å². The number of rotatable bonds is 4. The summed E-state index contributed by atoms with van der Waals surface area (Å²) in [6.07, 6.45) is 6.54. The molecule has 0 heterocycles. The Labute approximate surface area is 80.3 Å². The van der Waals surface area contributed by atoms with Gasteiger partial charge in [-0.1, -0.05) is 33.8 Å². The van der Waals surface area contributed by atoms with Crippen LogP contribution in [0.2, 0.25) is 0 Å². The highest BCUT2D eigenvalue weighted by atomic mass is 16.5. The van der Waals surface area contributed by atoms with Crippen LogP contribution in [0.15, 0.2) is 24.5 Å². The maximum absolute atomic E-state index is 11.0. The van der Waals surface area contributed by atoms with E-state index in [1.165, 1.54) is 12.3 Å². The Bertz CT molecular complexity index is 200. The van der Waals surface area contributed by atoms with Gasteiger partial charge in [-0.25, -0.2) is 4.79 Å². The van der Waals surface area contributed by atoms with E-state index in [0.717, 1.165) is 0 Å². The van der Waals surface area contributed by atoms with Gasteiger partial charge in [-0.2, -0.15) is 0 Å². The van der Waals surface area contributed by atoms with Gasteiger partial charge in [0.1, 0.15) is 0 Å². The number of hydrogen-bond donors (Lipinski definition) is 0. The zero-order valence-electron chi connectivity index (χ0n) is 8.78. The molecule has 0 aliphatic heterocycles. The largest absolute Gasteiger partial charge is 0.432 e. The third kappa shape index (κ3) is 8.86. The van der Waals surface area contributed by atoms with E-state index in [0.29, 0.717) is 11.8 Å². The predicted molar refractivity (Wildman–Crippen MR) is 54.0 cm³/mol. The zero-order chi connectivity index (χ0) is 10.3. The minimum Gasteiger partial charge on any atom is -0.432 e. The van der Waals surface area contributed by atoms with Gasteiger partial charge < -0.3 is 4.74 Å². The molecule has 0 bridgehead atoms. The van der Waals surface area contributed by atoms with Crippen molar-refractivity contribution in [1.29, 1.82) is 0 Å². The zero-order valence-corrected chi connectivity index (χ0v) is 8.78. The summed E-state index contributed by atoms with van der Waals surface area (Å²) in [6, 6.07) is 0. The molecular weight excluding hydrogens is 164 g/mol. The molecule has 0 atom stereocenters. The van der Waals surface area contributed by atoms with Crippen molar-refractivity contribution in [3.8, 4) is 0 Å². The van der Waals surface area contributed by atoms with Crippen LogP contribution in [0, 0.1) is 11.8 Å². The van der Waals surface area contributed by atoms with Crippen LogP contribution in [0.25, 0.3) is 0 Å². The average molecular weight is 182 g/mol. The molecule has 0 rings (SSSR count). The fourth-order valence-electron chi connectivity index (χ4n) is 0.574. The highest BCUT2D eigenvalue weighted by Crippen LogP contribution is 1.96. The molecule has 74 valence electrons. The normalized spacial score (nSPS) is 12.2. The number of carbonyl (C=O) groups excluding carboxylic acids is 1. The van der Waals surface area contributed by atoms with Crippen LogP contribution in [0.5, 0.6) is 0 Å². The molecule has 0 radical (unpaired) electrons. The summed E-state index contributed by atoms with van der Waals surface area (Å²) in [7, 11) is 0. The van der Waals surface area contributed by atoms with Gasteiger partial charge in [0.05, 0.1) is 6.26 Å². The van der Waals surface area contributed by atoms with E-state index in [1.54, 1.807) is 0 Å². The molecule has 0 spiro atoms. The Kier molecular flexibility index (Phi) is 5.94. The Morgan fingerprint density at radius 1 is 1.08 bits per heavy atom. The first-order valence-electron chi connectivity index (χ1n) is 4.58. The summed E-state index contributed by atoms with van der Waals surface area (Å²) in [5, 5.41) is 0. The Morgan fingerprint density at radius 3 is 2.08 bits per heavy atom. The van der Waals surface area contributed by atoms with Crippen molar-refractivity contribution in [2.24, 2.45) is 11.8 Å². The molecule has 2 nitrogen and oxygen atoms in total. The van der Waals surface area contributed by atoms with Crippen molar-refractivity contribution >= 4 is 5.97 Å². The molecule has 0 unspecified atom stereocenters. The van der Waals surface area contributed by atoms with Crippen molar-refractivity contribution in [2.75, 3.05) is 0 Å². The first kappa shape index (κ1) is 11.9. The lowest BCUT2D eigenvalue weighted by Gasteiger charge is -1.96. The molecule has 0 aromatic carbocycles. The quantitative estimate of drug-likeness (QED) is 0.379. The molecule has 0 fully saturated rings. The second-order valence-electron chi connectivity index (χ2n) is 3.61. The first-order valence-corrected chi connectivity index (χ1v) is 4.58. The lowest BCUT2D eigenvalue weighted by molar-refractivity contribution is -0.132. The van der Waals surface area contributed by atoms with Crippen LogP contribution in [0.4, 0.5) is 0 Å². The molecule has 0 aliphatic carbocycles. The molecule has 13 heavy (non-hydrogen) atoms. The average Bonchev–Trinajstić information content (AvgIpc) is 2.00. The topological polar surface area (TPSA) is 26.3 Å². The van der Waals surface area contributed by atoms with Crippen molar-refractivity contribution in [3.63, 3.8) is 0 Å². The summed E-state index contributed by atoms with van der Waals surface area (Å²) < 4.78 is 4.80. The highest BCUT2D eigenvalue weighted by Gasteiger charge is 1.93. The van der Waals surface area contributed by atoms with Crippen LogP contribution in [-0.2, 0) is 9.53 Å². The van der Waals surface area contributed by atoms with Crippen LogP contribution in [0.3, 0.4) is 0 Å². The second kappa shape index (κ2) is 6.46. The van der Waals surface area contributed by atoms with E-state index in [-0.39, 0.29) is 5.97 Å². The highest BCUT2D eigenvalue weighted by molar-refractivity contribution is 5.82. The van der Waals surface area contributed by atoms with Gasteiger partial charge in [0, 0.05) is 6.08 Å². The molecule has 0 N–H and O–H groups in total. The molecule has 0 aliphatic rings. The minimum absolute atomic E-state index is 0.314. The van der Waals surface area contributed by atoms with Crippen molar-refractivity contribution in [3.05, 3.63) is 24.5 Å². The molecule has 0 saturated carbocycles.